The van der Waals surface area contributed by atoms with Gasteiger partial charge in [0.25, 0.3) is 0 Å². The number of esters is 4. The van der Waals surface area contributed by atoms with E-state index in [0.717, 1.165) is 114 Å². The number of carbonyl (C=O) groups is 4. The van der Waals surface area contributed by atoms with Crippen molar-refractivity contribution in [3.05, 3.63) is 0 Å². The molecule has 0 aliphatic carbocycles. The van der Waals surface area contributed by atoms with Gasteiger partial charge < -0.3 is 33.8 Å². The van der Waals surface area contributed by atoms with Crippen LogP contribution in [0.15, 0.2) is 0 Å². The van der Waals surface area contributed by atoms with Crippen molar-refractivity contribution >= 4 is 39.5 Å². The van der Waals surface area contributed by atoms with E-state index in [9.17, 15) is 43.2 Å². The Labute approximate surface area is 562 Å². The average Bonchev–Trinajstić information content (AvgIpc) is 2.90. The maximum atomic E-state index is 13.1. The van der Waals surface area contributed by atoms with Crippen LogP contribution in [0.5, 0.6) is 0 Å². The molecule has 0 saturated heterocycles. The fourth-order valence-electron chi connectivity index (χ4n) is 11.0. The van der Waals surface area contributed by atoms with Gasteiger partial charge in [-0.15, -0.1) is 0 Å². The molecule has 0 aromatic carbocycles. The van der Waals surface area contributed by atoms with Gasteiger partial charge in [-0.1, -0.05) is 312 Å². The van der Waals surface area contributed by atoms with Gasteiger partial charge in [0.05, 0.1) is 26.4 Å². The van der Waals surface area contributed by atoms with E-state index in [4.69, 9.17) is 37.0 Å². The van der Waals surface area contributed by atoms with Crippen molar-refractivity contribution in [1.29, 1.82) is 0 Å². The van der Waals surface area contributed by atoms with Gasteiger partial charge in [0.2, 0.25) is 0 Å². The number of aliphatic hydroxyl groups is 1. The number of phosphoric ester groups is 2. The molecule has 0 bridgehead atoms. The molecule has 0 amide bonds. The molecule has 0 aromatic rings. The van der Waals surface area contributed by atoms with Crippen LogP contribution >= 0.6 is 15.6 Å². The minimum atomic E-state index is -4.96. The summed E-state index contributed by atoms with van der Waals surface area (Å²) in [4.78, 5) is 72.7. The van der Waals surface area contributed by atoms with Gasteiger partial charge in [0.15, 0.2) is 12.2 Å². The summed E-state index contributed by atoms with van der Waals surface area (Å²) < 4.78 is 68.4. The summed E-state index contributed by atoms with van der Waals surface area (Å²) in [5.41, 5.74) is 0. The van der Waals surface area contributed by atoms with Gasteiger partial charge in [-0.2, -0.15) is 0 Å². The van der Waals surface area contributed by atoms with E-state index in [2.05, 4.69) is 55.4 Å². The van der Waals surface area contributed by atoms with Gasteiger partial charge in [0, 0.05) is 25.7 Å². The SMILES string of the molecule is CCC(C)CCCCCCCCCCC(=O)O[C@H](COC(=O)CCCCCCCCCCC(C)C)COP(=O)(O)OCC(O)COP(=O)(O)OC[C@@H](COC(=O)CCCCCCCCCCCCCCCC(C)C)OC(=O)CCCCCCCCCCCCC(C)C. The third kappa shape index (κ3) is 65.4. The zero-order chi connectivity index (χ0) is 68.2. The summed E-state index contributed by atoms with van der Waals surface area (Å²) in [6, 6.07) is 0. The quantitative estimate of drug-likeness (QED) is 0.0222. The Kier molecular flexibility index (Phi) is 61.3. The van der Waals surface area contributed by atoms with Crippen LogP contribution in [0.25, 0.3) is 0 Å². The molecule has 3 N–H and O–H groups in total. The zero-order valence-electron chi connectivity index (χ0n) is 60.2. The minimum Gasteiger partial charge on any atom is -0.462 e. The van der Waals surface area contributed by atoms with Crippen molar-refractivity contribution in [3.63, 3.8) is 0 Å². The largest absolute Gasteiger partial charge is 0.472 e. The molecule has 546 valence electrons. The third-order valence-corrected chi connectivity index (χ3v) is 19.1. The summed E-state index contributed by atoms with van der Waals surface area (Å²) in [7, 11) is -9.91. The van der Waals surface area contributed by atoms with Crippen LogP contribution < -0.4 is 0 Å². The van der Waals surface area contributed by atoms with Crippen LogP contribution in [0.1, 0.15) is 364 Å². The van der Waals surface area contributed by atoms with Crippen LogP contribution in [0, 0.1) is 23.7 Å². The molecule has 0 aliphatic heterocycles. The molecule has 6 atom stereocenters. The summed E-state index contributed by atoms with van der Waals surface area (Å²) >= 11 is 0. The van der Waals surface area contributed by atoms with Crippen molar-refractivity contribution < 1.29 is 80.2 Å². The number of carbonyl (C=O) groups excluding carboxylic acids is 4. The molecule has 0 aliphatic rings. The molecular weight excluding hydrogens is 1210 g/mol. The average molecular weight is 1350 g/mol. The summed E-state index contributed by atoms with van der Waals surface area (Å²) in [5.74, 6) is 0.913. The molecule has 17 nitrogen and oxygen atoms in total. The summed E-state index contributed by atoms with van der Waals surface area (Å²) in [6.45, 7) is 14.1. The van der Waals surface area contributed by atoms with Gasteiger partial charge in [-0.25, -0.2) is 9.13 Å². The molecule has 0 spiro atoms. The van der Waals surface area contributed by atoms with E-state index in [1.807, 2.05) is 0 Å². The lowest BCUT2D eigenvalue weighted by Gasteiger charge is -2.21. The first-order valence-electron chi connectivity index (χ1n) is 37.7. The second kappa shape index (κ2) is 62.6. The Morgan fingerprint density at radius 2 is 0.522 bits per heavy atom. The highest BCUT2D eigenvalue weighted by Crippen LogP contribution is 2.45. The molecule has 4 unspecified atom stereocenters. The maximum Gasteiger partial charge on any atom is 0.472 e. The summed E-state index contributed by atoms with van der Waals surface area (Å²) in [5, 5.41) is 10.6. The summed E-state index contributed by atoms with van der Waals surface area (Å²) in [6.07, 6.45) is 45.8. The molecule has 19 heteroatoms. The molecule has 92 heavy (non-hydrogen) atoms. The first kappa shape index (κ1) is 90.1. The number of hydrogen-bond acceptors (Lipinski definition) is 15. The topological polar surface area (TPSA) is 237 Å². The molecular formula is C73H142O17P2. The fourth-order valence-corrected chi connectivity index (χ4v) is 12.6. The molecule has 0 saturated carbocycles. The van der Waals surface area contributed by atoms with E-state index in [0.29, 0.717) is 25.7 Å². The molecule has 0 heterocycles. The zero-order valence-corrected chi connectivity index (χ0v) is 62.0. The minimum absolute atomic E-state index is 0.104. The standard InChI is InChI=1S/C73H142O17P2/c1-9-66(8)52-44-36-28-22-24-32-40-48-56-73(78)90-69(60-84-71(76)54-46-38-30-23-21-27-35-43-51-65(6)7)62-88-92(81,82)86-58-67(74)57-85-91(79,80)87-61-68(89-72(77)55-47-39-31-20-16-15-18-26-34-42-50-64(4)5)59-83-70(75)53-45-37-29-19-14-12-10-11-13-17-25-33-41-49-63(2)3/h63-69,74H,9-62H2,1-8H3,(H,79,80)(H,81,82)/t66?,67?,68-,69-/m1/s1. The Morgan fingerprint density at radius 3 is 0.772 bits per heavy atom. The van der Waals surface area contributed by atoms with Crippen LogP contribution in [0.3, 0.4) is 0 Å². The highest BCUT2D eigenvalue weighted by atomic mass is 31.2. The van der Waals surface area contributed by atoms with Crippen molar-refractivity contribution in [2.24, 2.45) is 23.7 Å². The molecule has 0 rings (SSSR count). The lowest BCUT2D eigenvalue weighted by atomic mass is 9.99. The van der Waals surface area contributed by atoms with E-state index in [1.165, 1.54) is 167 Å². The van der Waals surface area contributed by atoms with Gasteiger partial charge in [-0.3, -0.25) is 37.3 Å². The van der Waals surface area contributed by atoms with Gasteiger partial charge in [-0.05, 0) is 49.4 Å². The lowest BCUT2D eigenvalue weighted by molar-refractivity contribution is -0.161. The van der Waals surface area contributed by atoms with Crippen LogP contribution in [-0.4, -0.2) is 96.7 Å². The molecule has 0 radical (unpaired) electrons. The molecule has 0 fully saturated rings. The Hall–Kier alpha value is -1.94. The second-order valence-electron chi connectivity index (χ2n) is 28.0. The second-order valence-corrected chi connectivity index (χ2v) is 30.9. The van der Waals surface area contributed by atoms with Crippen molar-refractivity contribution in [2.45, 2.75) is 382 Å². The Balaban J connectivity index is 5.26. The lowest BCUT2D eigenvalue weighted by Crippen LogP contribution is -2.30. The maximum absolute atomic E-state index is 13.1. The van der Waals surface area contributed by atoms with Crippen LogP contribution in [-0.2, 0) is 65.4 Å². The normalized spacial score (nSPS) is 14.5. The van der Waals surface area contributed by atoms with E-state index >= 15 is 0 Å². The number of aliphatic hydroxyl groups excluding tert-OH is 1. The van der Waals surface area contributed by atoms with E-state index in [1.54, 1.807) is 0 Å². The fraction of sp³-hybridized carbons (Fsp3) is 0.945. The van der Waals surface area contributed by atoms with Gasteiger partial charge in [0.1, 0.15) is 19.3 Å². The number of hydrogen-bond donors (Lipinski definition) is 3. The highest BCUT2D eigenvalue weighted by molar-refractivity contribution is 7.47. The number of unbranched alkanes of at least 4 members (excludes halogenated alkanes) is 35. The monoisotopic (exact) mass is 1350 g/mol. The van der Waals surface area contributed by atoms with E-state index in [-0.39, 0.29) is 25.7 Å². The first-order chi connectivity index (χ1) is 44.1. The number of ether oxygens (including phenoxy) is 4. The smallest absolute Gasteiger partial charge is 0.462 e. The van der Waals surface area contributed by atoms with Crippen molar-refractivity contribution in [3.8, 4) is 0 Å². The Bertz CT molecular complexity index is 1820. The van der Waals surface area contributed by atoms with Crippen molar-refractivity contribution in [2.75, 3.05) is 39.6 Å². The third-order valence-electron chi connectivity index (χ3n) is 17.2. The number of phosphoric acid groups is 2. The molecule has 0 aromatic heterocycles. The predicted octanol–water partition coefficient (Wildman–Crippen LogP) is 20.9. The van der Waals surface area contributed by atoms with Gasteiger partial charge >= 0.3 is 39.5 Å². The van der Waals surface area contributed by atoms with Crippen molar-refractivity contribution in [1.82, 2.24) is 0 Å². The van der Waals surface area contributed by atoms with E-state index < -0.39 is 97.5 Å². The predicted molar refractivity (Wildman–Crippen MR) is 372 cm³/mol. The number of rotatable bonds is 70. The Morgan fingerprint density at radius 1 is 0.304 bits per heavy atom. The van der Waals surface area contributed by atoms with Crippen LogP contribution in [0.2, 0.25) is 0 Å². The first-order valence-corrected chi connectivity index (χ1v) is 40.7. The highest BCUT2D eigenvalue weighted by Gasteiger charge is 2.30. The van der Waals surface area contributed by atoms with Crippen LogP contribution in [0.4, 0.5) is 0 Å².